The van der Waals surface area contributed by atoms with Gasteiger partial charge in [0.2, 0.25) is 0 Å². The zero-order valence-corrected chi connectivity index (χ0v) is 17.5. The molecule has 0 aromatic heterocycles. The summed E-state index contributed by atoms with van der Waals surface area (Å²) in [6, 6.07) is 29.5. The summed E-state index contributed by atoms with van der Waals surface area (Å²) >= 11 is 0. The summed E-state index contributed by atoms with van der Waals surface area (Å²) in [6.07, 6.45) is 1.64. The van der Waals surface area contributed by atoms with Crippen LogP contribution in [0.5, 0.6) is 5.75 Å². The Hall–Kier alpha value is -4.38. The van der Waals surface area contributed by atoms with Gasteiger partial charge in [-0.05, 0) is 47.4 Å². The molecule has 5 heteroatoms. The van der Waals surface area contributed by atoms with Crippen LogP contribution in [0.2, 0.25) is 0 Å². The lowest BCUT2D eigenvalue weighted by Crippen LogP contribution is -2.30. The summed E-state index contributed by atoms with van der Waals surface area (Å²) in [5.74, 6) is -0.0721. The molecule has 5 nitrogen and oxygen atoms in total. The number of fused-ring (bicyclic) bond motifs is 1. The average Bonchev–Trinajstić information content (AvgIpc) is 2.84. The van der Waals surface area contributed by atoms with E-state index in [4.69, 9.17) is 4.74 Å². The smallest absolute Gasteiger partial charge is 0.272 e. The third-order valence-electron chi connectivity index (χ3n) is 4.99. The second-order valence-electron chi connectivity index (χ2n) is 7.13. The third-order valence-corrected chi connectivity index (χ3v) is 4.99. The molecule has 0 aliphatic heterocycles. The number of hydrogen-bond acceptors (Lipinski definition) is 3. The molecular weight excluding hydrogens is 400 g/mol. The molecule has 0 bridgehead atoms. The van der Waals surface area contributed by atoms with Crippen molar-refractivity contribution in [2.24, 2.45) is 0 Å². The summed E-state index contributed by atoms with van der Waals surface area (Å²) < 4.78 is 5.19. The Morgan fingerprint density at radius 1 is 0.781 bits per heavy atom. The lowest BCUT2D eigenvalue weighted by molar-refractivity contribution is -0.113. The lowest BCUT2D eigenvalue weighted by atomic mass is 10.1. The second-order valence-corrected chi connectivity index (χ2v) is 7.13. The maximum Gasteiger partial charge on any atom is 0.272 e. The average molecular weight is 422 g/mol. The molecule has 0 radical (unpaired) electrons. The number of amides is 2. The van der Waals surface area contributed by atoms with Gasteiger partial charge in [0.1, 0.15) is 11.4 Å². The van der Waals surface area contributed by atoms with Gasteiger partial charge in [-0.3, -0.25) is 9.59 Å². The highest BCUT2D eigenvalue weighted by molar-refractivity contribution is 6.13. The van der Waals surface area contributed by atoms with Crippen LogP contribution in [0.1, 0.15) is 15.9 Å². The van der Waals surface area contributed by atoms with Crippen molar-refractivity contribution in [1.82, 2.24) is 5.32 Å². The zero-order valence-electron chi connectivity index (χ0n) is 17.5. The van der Waals surface area contributed by atoms with Crippen molar-refractivity contribution >= 4 is 34.4 Å². The minimum Gasteiger partial charge on any atom is -0.497 e. The van der Waals surface area contributed by atoms with E-state index in [0.717, 1.165) is 16.3 Å². The van der Waals surface area contributed by atoms with Crippen LogP contribution >= 0.6 is 0 Å². The van der Waals surface area contributed by atoms with E-state index >= 15 is 0 Å². The molecule has 4 aromatic carbocycles. The van der Waals surface area contributed by atoms with Crippen LogP contribution in [0, 0.1) is 0 Å². The molecule has 0 saturated carbocycles. The van der Waals surface area contributed by atoms with Crippen molar-refractivity contribution in [3.05, 3.63) is 114 Å². The van der Waals surface area contributed by atoms with Gasteiger partial charge in [-0.2, -0.15) is 0 Å². The minimum atomic E-state index is -0.415. The summed E-state index contributed by atoms with van der Waals surface area (Å²) in [6.45, 7) is 0. The van der Waals surface area contributed by atoms with E-state index in [9.17, 15) is 9.59 Å². The summed E-state index contributed by atoms with van der Waals surface area (Å²) in [4.78, 5) is 26.0. The first-order valence-electron chi connectivity index (χ1n) is 10.2. The molecule has 0 fully saturated rings. The van der Waals surface area contributed by atoms with Crippen LogP contribution < -0.4 is 15.4 Å². The van der Waals surface area contributed by atoms with Gasteiger partial charge in [0, 0.05) is 16.6 Å². The topological polar surface area (TPSA) is 67.4 Å². The van der Waals surface area contributed by atoms with Gasteiger partial charge in [0.15, 0.2) is 0 Å². The molecule has 0 aliphatic rings. The van der Waals surface area contributed by atoms with E-state index in [1.165, 1.54) is 0 Å². The molecule has 32 heavy (non-hydrogen) atoms. The number of nitrogens with one attached hydrogen (secondary N) is 2. The van der Waals surface area contributed by atoms with Crippen molar-refractivity contribution in [2.45, 2.75) is 0 Å². The van der Waals surface area contributed by atoms with E-state index in [0.29, 0.717) is 17.0 Å². The van der Waals surface area contributed by atoms with E-state index in [2.05, 4.69) is 10.6 Å². The summed E-state index contributed by atoms with van der Waals surface area (Å²) in [7, 11) is 1.59. The predicted octanol–water partition coefficient (Wildman–Crippen LogP) is 5.26. The van der Waals surface area contributed by atoms with Crippen LogP contribution in [0.25, 0.3) is 16.8 Å². The van der Waals surface area contributed by atoms with Gasteiger partial charge in [0.25, 0.3) is 11.8 Å². The van der Waals surface area contributed by atoms with Gasteiger partial charge in [0.05, 0.1) is 7.11 Å². The molecule has 2 amide bonds. The highest BCUT2D eigenvalue weighted by atomic mass is 16.5. The van der Waals surface area contributed by atoms with E-state index in [1.807, 2.05) is 60.7 Å². The molecule has 4 rings (SSSR count). The van der Waals surface area contributed by atoms with Gasteiger partial charge < -0.3 is 15.4 Å². The number of carbonyl (C=O) groups is 2. The Kier molecular flexibility index (Phi) is 6.28. The van der Waals surface area contributed by atoms with E-state index < -0.39 is 5.91 Å². The zero-order chi connectivity index (χ0) is 22.3. The highest BCUT2D eigenvalue weighted by Gasteiger charge is 2.16. The van der Waals surface area contributed by atoms with Gasteiger partial charge in [-0.15, -0.1) is 0 Å². The number of ether oxygens (including phenoxy) is 1. The first kappa shape index (κ1) is 20.9. The Bertz CT molecular complexity index is 1270. The number of carbonyl (C=O) groups excluding carboxylic acids is 2. The van der Waals surface area contributed by atoms with Crippen LogP contribution in [-0.2, 0) is 4.79 Å². The SMILES string of the molecule is COc1ccc(/C=C(\NC(=O)c2ccccc2)C(=O)Nc2cccc3ccccc23)cc1. The van der Waals surface area contributed by atoms with Crippen LogP contribution in [0.4, 0.5) is 5.69 Å². The number of hydrogen-bond donors (Lipinski definition) is 2. The number of methoxy groups -OCH3 is 1. The largest absolute Gasteiger partial charge is 0.497 e. The maximum atomic E-state index is 13.2. The fourth-order valence-corrected chi connectivity index (χ4v) is 3.33. The van der Waals surface area contributed by atoms with E-state index in [1.54, 1.807) is 49.6 Å². The van der Waals surface area contributed by atoms with Crippen molar-refractivity contribution in [3.63, 3.8) is 0 Å². The number of rotatable bonds is 6. The first-order chi connectivity index (χ1) is 15.6. The van der Waals surface area contributed by atoms with Crippen molar-refractivity contribution in [1.29, 1.82) is 0 Å². The van der Waals surface area contributed by atoms with Gasteiger partial charge in [-0.1, -0.05) is 66.7 Å². The monoisotopic (exact) mass is 422 g/mol. The van der Waals surface area contributed by atoms with Crippen molar-refractivity contribution in [2.75, 3.05) is 12.4 Å². The fourth-order valence-electron chi connectivity index (χ4n) is 3.33. The van der Waals surface area contributed by atoms with Crippen molar-refractivity contribution < 1.29 is 14.3 Å². The summed E-state index contributed by atoms with van der Waals surface area (Å²) in [5, 5.41) is 7.63. The van der Waals surface area contributed by atoms with Crippen LogP contribution in [-0.4, -0.2) is 18.9 Å². The fraction of sp³-hybridized carbons (Fsp3) is 0.0370. The van der Waals surface area contributed by atoms with Crippen LogP contribution in [0.3, 0.4) is 0 Å². The molecule has 0 heterocycles. The summed E-state index contributed by atoms with van der Waals surface area (Å²) in [5.41, 5.74) is 2.02. The normalized spacial score (nSPS) is 11.1. The van der Waals surface area contributed by atoms with Crippen LogP contribution in [0.15, 0.2) is 103 Å². The predicted molar refractivity (Wildman–Crippen MR) is 127 cm³/mol. The molecule has 0 aliphatic carbocycles. The van der Waals surface area contributed by atoms with Gasteiger partial charge in [-0.25, -0.2) is 0 Å². The quantitative estimate of drug-likeness (QED) is 0.417. The molecule has 158 valence electrons. The van der Waals surface area contributed by atoms with Gasteiger partial charge >= 0.3 is 0 Å². The molecule has 0 spiro atoms. The Balaban J connectivity index is 1.66. The molecule has 0 unspecified atom stereocenters. The van der Waals surface area contributed by atoms with E-state index in [-0.39, 0.29) is 11.6 Å². The number of benzene rings is 4. The highest BCUT2D eigenvalue weighted by Crippen LogP contribution is 2.23. The molecule has 0 atom stereocenters. The Labute approximate surface area is 186 Å². The lowest BCUT2D eigenvalue weighted by Gasteiger charge is -2.13. The third kappa shape index (κ3) is 4.84. The Morgan fingerprint density at radius 3 is 2.22 bits per heavy atom. The standard InChI is InChI=1S/C27H22N2O3/c1-32-22-16-14-19(15-17-22)18-25(29-26(30)21-9-3-2-4-10-21)27(31)28-24-13-7-11-20-8-5-6-12-23(20)24/h2-18H,1H3,(H,28,31)(H,29,30)/b25-18-. The first-order valence-corrected chi connectivity index (χ1v) is 10.2. The minimum absolute atomic E-state index is 0.136. The molecule has 0 saturated heterocycles. The molecular formula is C27H22N2O3. The Morgan fingerprint density at radius 2 is 1.47 bits per heavy atom. The van der Waals surface area contributed by atoms with Crippen molar-refractivity contribution in [3.8, 4) is 5.75 Å². The molecule has 2 N–H and O–H groups in total. The number of anilines is 1. The maximum absolute atomic E-state index is 13.2. The molecule has 4 aromatic rings. The second kappa shape index (κ2) is 9.62.